The SMILES string of the molecule is CCOC(=O)n1cc(CNC(=O)c2ccc(-c3nc4ccc(OC)cc4s3)cc2[N+](=O)[O-])nn1. The summed E-state index contributed by atoms with van der Waals surface area (Å²) in [5.74, 6) is 0.0148. The standard InChI is InChI=1S/C21H18N6O6S/c1-3-33-21(29)26-11-13(24-25-26)10-22-19(28)15-6-4-12(8-17(15)27(30)31)20-23-16-7-5-14(32-2)9-18(16)34-20/h4-9,11H,3,10H2,1-2H3,(H,22,28). The lowest BCUT2D eigenvalue weighted by atomic mass is 10.1. The number of hydrogen-bond acceptors (Lipinski definition) is 10. The van der Waals surface area contributed by atoms with Crippen LogP contribution in [0.4, 0.5) is 10.5 Å². The molecule has 0 aliphatic carbocycles. The molecule has 13 heteroatoms. The Hall–Kier alpha value is -4.39. The Morgan fingerprint density at radius 1 is 1.24 bits per heavy atom. The number of nitro groups is 1. The maximum absolute atomic E-state index is 12.7. The molecule has 0 aliphatic heterocycles. The molecule has 0 aliphatic rings. The Morgan fingerprint density at radius 2 is 2.06 bits per heavy atom. The van der Waals surface area contributed by atoms with Gasteiger partial charge in [-0.15, -0.1) is 16.4 Å². The highest BCUT2D eigenvalue weighted by Crippen LogP contribution is 2.34. The van der Waals surface area contributed by atoms with Gasteiger partial charge in [-0.25, -0.2) is 9.78 Å². The number of rotatable bonds is 7. The Labute approximate surface area is 196 Å². The predicted molar refractivity (Wildman–Crippen MR) is 122 cm³/mol. The van der Waals surface area contributed by atoms with Gasteiger partial charge in [0.1, 0.15) is 22.0 Å². The Kier molecular flexibility index (Phi) is 6.45. The molecule has 2 heterocycles. The van der Waals surface area contributed by atoms with Gasteiger partial charge >= 0.3 is 6.09 Å². The largest absolute Gasteiger partial charge is 0.497 e. The number of nitrogens with zero attached hydrogens (tertiary/aromatic N) is 5. The number of fused-ring (bicyclic) bond motifs is 1. The molecular formula is C21H18N6O6S. The van der Waals surface area contributed by atoms with Gasteiger partial charge in [-0.05, 0) is 31.2 Å². The minimum absolute atomic E-state index is 0.0865. The summed E-state index contributed by atoms with van der Waals surface area (Å²) in [5.41, 5.74) is 1.06. The van der Waals surface area contributed by atoms with Gasteiger partial charge in [-0.3, -0.25) is 14.9 Å². The first-order chi connectivity index (χ1) is 16.4. The van der Waals surface area contributed by atoms with Crippen LogP contribution in [0.2, 0.25) is 0 Å². The monoisotopic (exact) mass is 482 g/mol. The van der Waals surface area contributed by atoms with Crippen molar-refractivity contribution >= 4 is 39.2 Å². The minimum atomic E-state index is -0.702. The van der Waals surface area contributed by atoms with Crippen molar-refractivity contribution in [3.63, 3.8) is 0 Å². The summed E-state index contributed by atoms with van der Waals surface area (Å²) in [6.07, 6.45) is 0.602. The van der Waals surface area contributed by atoms with Crippen molar-refractivity contribution in [2.75, 3.05) is 13.7 Å². The Morgan fingerprint density at radius 3 is 2.79 bits per heavy atom. The fourth-order valence-corrected chi connectivity index (χ4v) is 4.08. The first kappa shape index (κ1) is 22.8. The summed E-state index contributed by atoms with van der Waals surface area (Å²) in [6, 6.07) is 9.74. The number of methoxy groups -OCH3 is 1. The van der Waals surface area contributed by atoms with E-state index in [-0.39, 0.29) is 30.1 Å². The van der Waals surface area contributed by atoms with Crippen LogP contribution in [0.5, 0.6) is 5.75 Å². The highest BCUT2D eigenvalue weighted by atomic mass is 32.1. The maximum atomic E-state index is 12.7. The van der Waals surface area contributed by atoms with E-state index in [9.17, 15) is 19.7 Å². The van der Waals surface area contributed by atoms with E-state index in [1.165, 1.54) is 29.7 Å². The fraction of sp³-hybridized carbons (Fsp3) is 0.190. The third kappa shape index (κ3) is 4.68. The molecule has 1 N–H and O–H groups in total. The Balaban J connectivity index is 1.54. The number of nitro benzene ring substituents is 1. The van der Waals surface area contributed by atoms with Gasteiger partial charge in [0.25, 0.3) is 11.6 Å². The average molecular weight is 482 g/mol. The molecule has 0 saturated carbocycles. The Bertz CT molecular complexity index is 1400. The molecule has 1 amide bonds. The van der Waals surface area contributed by atoms with Crippen LogP contribution in [-0.4, -0.2) is 50.6 Å². The third-order valence-corrected chi connectivity index (χ3v) is 5.77. The van der Waals surface area contributed by atoms with Crippen molar-refractivity contribution in [1.82, 2.24) is 25.3 Å². The molecule has 0 bridgehead atoms. The van der Waals surface area contributed by atoms with Crippen molar-refractivity contribution in [3.05, 3.63) is 64.0 Å². The number of amides is 1. The van der Waals surface area contributed by atoms with Gasteiger partial charge in [-0.2, -0.15) is 4.68 Å². The molecular weight excluding hydrogens is 464 g/mol. The van der Waals surface area contributed by atoms with E-state index in [0.717, 1.165) is 14.9 Å². The lowest BCUT2D eigenvalue weighted by Gasteiger charge is -2.05. The molecule has 0 saturated heterocycles. The van der Waals surface area contributed by atoms with E-state index in [1.54, 1.807) is 26.2 Å². The molecule has 4 rings (SSSR count). The van der Waals surface area contributed by atoms with E-state index in [1.807, 2.05) is 12.1 Å². The second-order valence-electron chi connectivity index (χ2n) is 6.88. The van der Waals surface area contributed by atoms with Gasteiger partial charge in [0, 0.05) is 11.6 Å². The summed E-state index contributed by atoms with van der Waals surface area (Å²) in [4.78, 5) is 39.9. The highest BCUT2D eigenvalue weighted by molar-refractivity contribution is 7.21. The summed E-state index contributed by atoms with van der Waals surface area (Å²) >= 11 is 1.36. The molecule has 0 unspecified atom stereocenters. The number of aromatic nitrogens is 4. The second-order valence-corrected chi connectivity index (χ2v) is 7.91. The van der Waals surface area contributed by atoms with Gasteiger partial charge in [0.2, 0.25) is 0 Å². The zero-order valence-electron chi connectivity index (χ0n) is 18.0. The van der Waals surface area contributed by atoms with Crippen LogP contribution in [0.3, 0.4) is 0 Å². The maximum Gasteiger partial charge on any atom is 0.436 e. The number of carbonyl (C=O) groups is 2. The van der Waals surface area contributed by atoms with Crippen molar-refractivity contribution in [2.24, 2.45) is 0 Å². The number of thiazole rings is 1. The molecule has 0 radical (unpaired) electrons. The summed E-state index contributed by atoms with van der Waals surface area (Å²) in [5, 5.41) is 22.2. The van der Waals surface area contributed by atoms with Crippen molar-refractivity contribution in [1.29, 1.82) is 0 Å². The molecule has 0 spiro atoms. The van der Waals surface area contributed by atoms with Crippen molar-refractivity contribution in [2.45, 2.75) is 13.5 Å². The second kappa shape index (κ2) is 9.62. The molecule has 4 aromatic rings. The van der Waals surface area contributed by atoms with Crippen molar-refractivity contribution in [3.8, 4) is 16.3 Å². The molecule has 12 nitrogen and oxygen atoms in total. The minimum Gasteiger partial charge on any atom is -0.497 e. The van der Waals surface area contributed by atoms with Crippen LogP contribution in [0, 0.1) is 10.1 Å². The lowest BCUT2D eigenvalue weighted by molar-refractivity contribution is -0.385. The zero-order valence-corrected chi connectivity index (χ0v) is 18.9. The topological polar surface area (TPSA) is 151 Å². The molecule has 0 fully saturated rings. The number of hydrogen-bond donors (Lipinski definition) is 1. The van der Waals surface area contributed by atoms with Crippen LogP contribution in [0.25, 0.3) is 20.8 Å². The van der Waals surface area contributed by atoms with Gasteiger partial charge in [-0.1, -0.05) is 11.3 Å². The molecule has 2 aromatic carbocycles. The first-order valence-corrected chi connectivity index (χ1v) is 10.8. The average Bonchev–Trinajstić information content (AvgIpc) is 3.49. The highest BCUT2D eigenvalue weighted by Gasteiger charge is 2.22. The predicted octanol–water partition coefficient (Wildman–Crippen LogP) is 3.41. The number of nitrogens with one attached hydrogen (secondary N) is 1. The first-order valence-electron chi connectivity index (χ1n) is 9.99. The molecule has 34 heavy (non-hydrogen) atoms. The van der Waals surface area contributed by atoms with Crippen LogP contribution >= 0.6 is 11.3 Å². The molecule has 2 aromatic heterocycles. The van der Waals surface area contributed by atoms with E-state index < -0.39 is 16.9 Å². The van der Waals surface area contributed by atoms with Gasteiger partial charge in [0.15, 0.2) is 0 Å². The molecule has 174 valence electrons. The van der Waals surface area contributed by atoms with E-state index >= 15 is 0 Å². The van der Waals surface area contributed by atoms with Crippen LogP contribution in [-0.2, 0) is 11.3 Å². The number of benzene rings is 2. The quantitative estimate of drug-likeness (QED) is 0.308. The van der Waals surface area contributed by atoms with Gasteiger partial charge < -0.3 is 14.8 Å². The zero-order chi connectivity index (χ0) is 24.2. The summed E-state index contributed by atoms with van der Waals surface area (Å²) in [7, 11) is 1.57. The number of carbonyl (C=O) groups excluding carboxylic acids is 2. The summed E-state index contributed by atoms with van der Waals surface area (Å²) in [6.45, 7) is 1.74. The third-order valence-electron chi connectivity index (χ3n) is 4.71. The lowest BCUT2D eigenvalue weighted by Crippen LogP contribution is -2.24. The van der Waals surface area contributed by atoms with Crippen LogP contribution < -0.4 is 10.1 Å². The van der Waals surface area contributed by atoms with E-state index in [4.69, 9.17) is 9.47 Å². The summed E-state index contributed by atoms with van der Waals surface area (Å²) < 4.78 is 11.8. The van der Waals surface area contributed by atoms with Crippen molar-refractivity contribution < 1.29 is 24.0 Å². The smallest absolute Gasteiger partial charge is 0.436 e. The van der Waals surface area contributed by atoms with E-state index in [2.05, 4.69) is 20.6 Å². The van der Waals surface area contributed by atoms with E-state index in [0.29, 0.717) is 16.3 Å². The van der Waals surface area contributed by atoms with Crippen LogP contribution in [0.1, 0.15) is 23.0 Å². The number of ether oxygens (including phenoxy) is 2. The van der Waals surface area contributed by atoms with Gasteiger partial charge in [0.05, 0.1) is 41.6 Å². The molecule has 0 atom stereocenters. The fourth-order valence-electron chi connectivity index (χ4n) is 3.09. The normalized spacial score (nSPS) is 10.8. The van der Waals surface area contributed by atoms with Crippen LogP contribution in [0.15, 0.2) is 42.6 Å².